The first kappa shape index (κ1) is 11.8. The largest absolute Gasteiger partial charge is 0.378 e. The lowest BCUT2D eigenvalue weighted by molar-refractivity contribution is 0.654. The first-order valence-electron chi connectivity index (χ1n) is 6.68. The van der Waals surface area contributed by atoms with Crippen molar-refractivity contribution in [2.75, 3.05) is 5.32 Å². The minimum atomic E-state index is 0.825. The fraction of sp³-hybridized carbons (Fsp3) is 0.267. The molecule has 4 heteroatoms. The van der Waals surface area contributed by atoms with Gasteiger partial charge in [0.25, 0.3) is 0 Å². The van der Waals surface area contributed by atoms with Crippen LogP contribution in [0.4, 0.5) is 5.69 Å². The van der Waals surface area contributed by atoms with E-state index in [1.807, 2.05) is 12.3 Å². The van der Waals surface area contributed by atoms with Crippen molar-refractivity contribution in [3.05, 3.63) is 48.4 Å². The Hall–Kier alpha value is -2.23. The minimum Gasteiger partial charge on any atom is -0.378 e. The van der Waals surface area contributed by atoms with Crippen LogP contribution in [-0.2, 0) is 13.1 Å². The second kappa shape index (κ2) is 5.18. The molecule has 0 amide bonds. The Balaban J connectivity index is 1.78. The molecule has 2 heterocycles. The predicted octanol–water partition coefficient (Wildman–Crippen LogP) is 3.39. The van der Waals surface area contributed by atoms with Crippen molar-refractivity contribution in [3.8, 4) is 0 Å². The Kier molecular flexibility index (Phi) is 3.23. The number of H-pyrrole nitrogens is 1. The molecule has 0 unspecified atom stereocenters. The topological polar surface area (TPSA) is 45.6 Å². The van der Waals surface area contributed by atoms with Crippen molar-refractivity contribution >= 4 is 16.6 Å². The van der Waals surface area contributed by atoms with Crippen LogP contribution < -0.4 is 5.32 Å². The highest BCUT2D eigenvalue weighted by molar-refractivity contribution is 5.89. The number of aromatic amines is 1. The normalized spacial score (nSPS) is 11.0. The Morgan fingerprint density at radius 2 is 2.21 bits per heavy atom. The van der Waals surface area contributed by atoms with Gasteiger partial charge in [-0.1, -0.05) is 19.1 Å². The van der Waals surface area contributed by atoms with Gasteiger partial charge in [0.15, 0.2) is 0 Å². The molecule has 0 bridgehead atoms. The molecule has 19 heavy (non-hydrogen) atoms. The van der Waals surface area contributed by atoms with Crippen LogP contribution in [0.3, 0.4) is 0 Å². The molecule has 2 N–H and O–H groups in total. The summed E-state index contributed by atoms with van der Waals surface area (Å²) in [6, 6.07) is 10.4. The third-order valence-electron chi connectivity index (χ3n) is 3.32. The maximum atomic E-state index is 4.08. The minimum absolute atomic E-state index is 0.825. The summed E-state index contributed by atoms with van der Waals surface area (Å²) >= 11 is 0. The third-order valence-corrected chi connectivity index (χ3v) is 3.32. The highest BCUT2D eigenvalue weighted by atomic mass is 15.1. The van der Waals surface area contributed by atoms with Crippen LogP contribution in [0, 0.1) is 0 Å². The van der Waals surface area contributed by atoms with Crippen LogP contribution in [0.1, 0.15) is 19.0 Å². The van der Waals surface area contributed by atoms with Crippen molar-refractivity contribution in [2.24, 2.45) is 0 Å². The molecular formula is C15H18N4. The molecule has 0 aliphatic rings. The number of para-hydroxylation sites is 1. The molecule has 1 aromatic carbocycles. The van der Waals surface area contributed by atoms with Crippen LogP contribution in [0.25, 0.3) is 10.9 Å². The smallest absolute Gasteiger partial charge is 0.0881 e. The maximum absolute atomic E-state index is 4.08. The van der Waals surface area contributed by atoms with Gasteiger partial charge >= 0.3 is 0 Å². The zero-order valence-electron chi connectivity index (χ0n) is 11.1. The number of nitrogens with zero attached hydrogens (tertiary/aromatic N) is 2. The number of benzene rings is 1. The molecule has 0 aliphatic heterocycles. The van der Waals surface area contributed by atoms with Crippen LogP contribution in [0.15, 0.2) is 42.7 Å². The highest BCUT2D eigenvalue weighted by Crippen LogP contribution is 2.21. The average molecular weight is 254 g/mol. The standard InChI is InChI=1S/C15H18N4/c1-2-8-19-9-4-6-13(19)11-16-14-7-3-5-12-10-17-18-15(12)14/h3-7,9-10,16H,2,8,11H2,1H3,(H,17,18). The predicted molar refractivity (Wildman–Crippen MR) is 78.1 cm³/mol. The Bertz CT molecular complexity index is 665. The molecule has 0 atom stereocenters. The van der Waals surface area contributed by atoms with Gasteiger partial charge in [-0.15, -0.1) is 0 Å². The average Bonchev–Trinajstić information content (AvgIpc) is 3.05. The SMILES string of the molecule is CCCn1cccc1CNc1cccc2cn[nH]c12. The van der Waals surface area contributed by atoms with Gasteiger partial charge in [-0.3, -0.25) is 5.10 Å². The van der Waals surface area contributed by atoms with Gasteiger partial charge in [-0.05, 0) is 24.6 Å². The molecule has 0 radical (unpaired) electrons. The van der Waals surface area contributed by atoms with Crippen LogP contribution in [-0.4, -0.2) is 14.8 Å². The zero-order valence-corrected chi connectivity index (χ0v) is 11.1. The summed E-state index contributed by atoms with van der Waals surface area (Å²) in [6.07, 6.45) is 5.13. The van der Waals surface area contributed by atoms with E-state index in [9.17, 15) is 0 Å². The van der Waals surface area contributed by atoms with Gasteiger partial charge in [-0.25, -0.2) is 0 Å². The maximum Gasteiger partial charge on any atom is 0.0881 e. The Labute approximate surface area is 112 Å². The van der Waals surface area contributed by atoms with E-state index in [0.29, 0.717) is 0 Å². The lowest BCUT2D eigenvalue weighted by atomic mass is 10.2. The number of anilines is 1. The lowest BCUT2D eigenvalue weighted by Crippen LogP contribution is -2.07. The van der Waals surface area contributed by atoms with Gasteiger partial charge in [0.2, 0.25) is 0 Å². The molecule has 0 fully saturated rings. The van der Waals surface area contributed by atoms with Crippen molar-refractivity contribution in [2.45, 2.75) is 26.4 Å². The molecule has 0 saturated heterocycles. The van der Waals surface area contributed by atoms with E-state index in [1.165, 1.54) is 5.69 Å². The summed E-state index contributed by atoms with van der Waals surface area (Å²) in [7, 11) is 0. The molecule has 0 aliphatic carbocycles. The number of aryl methyl sites for hydroxylation is 1. The van der Waals surface area contributed by atoms with Crippen LogP contribution in [0.2, 0.25) is 0 Å². The summed E-state index contributed by atoms with van der Waals surface area (Å²) < 4.78 is 2.29. The second-order valence-electron chi connectivity index (χ2n) is 4.69. The first-order valence-corrected chi connectivity index (χ1v) is 6.68. The number of aromatic nitrogens is 3. The van der Waals surface area contributed by atoms with Gasteiger partial charge in [0.05, 0.1) is 23.9 Å². The summed E-state index contributed by atoms with van der Waals surface area (Å²) in [4.78, 5) is 0. The van der Waals surface area contributed by atoms with E-state index >= 15 is 0 Å². The summed E-state index contributed by atoms with van der Waals surface area (Å²) in [5.74, 6) is 0. The fourth-order valence-corrected chi connectivity index (χ4v) is 2.37. The van der Waals surface area contributed by atoms with Crippen molar-refractivity contribution in [1.82, 2.24) is 14.8 Å². The Morgan fingerprint density at radius 1 is 1.26 bits per heavy atom. The van der Waals surface area contributed by atoms with Crippen molar-refractivity contribution < 1.29 is 0 Å². The number of rotatable bonds is 5. The zero-order chi connectivity index (χ0) is 13.1. The molecule has 2 aromatic heterocycles. The quantitative estimate of drug-likeness (QED) is 0.733. The molecule has 0 spiro atoms. The van der Waals surface area contributed by atoms with Crippen LogP contribution in [0.5, 0.6) is 0 Å². The van der Waals surface area contributed by atoms with E-state index < -0.39 is 0 Å². The van der Waals surface area contributed by atoms with E-state index in [-0.39, 0.29) is 0 Å². The number of nitrogens with one attached hydrogen (secondary N) is 2. The van der Waals surface area contributed by atoms with Gasteiger partial charge in [0, 0.05) is 23.8 Å². The van der Waals surface area contributed by atoms with Crippen LogP contribution >= 0.6 is 0 Å². The number of fused-ring (bicyclic) bond motifs is 1. The van der Waals surface area contributed by atoms with E-state index in [0.717, 1.165) is 36.1 Å². The second-order valence-corrected chi connectivity index (χ2v) is 4.69. The summed E-state index contributed by atoms with van der Waals surface area (Å²) in [6.45, 7) is 4.09. The molecule has 4 nitrogen and oxygen atoms in total. The third kappa shape index (κ3) is 2.34. The fourth-order valence-electron chi connectivity index (χ4n) is 2.37. The number of hydrogen-bond donors (Lipinski definition) is 2. The van der Waals surface area contributed by atoms with E-state index in [4.69, 9.17) is 0 Å². The van der Waals surface area contributed by atoms with Crippen molar-refractivity contribution in [3.63, 3.8) is 0 Å². The monoisotopic (exact) mass is 254 g/mol. The first-order chi connectivity index (χ1) is 9.38. The Morgan fingerprint density at radius 3 is 3.11 bits per heavy atom. The molecule has 3 rings (SSSR count). The summed E-state index contributed by atoms with van der Waals surface area (Å²) in [5.41, 5.74) is 3.47. The van der Waals surface area contributed by atoms with Crippen molar-refractivity contribution in [1.29, 1.82) is 0 Å². The molecule has 98 valence electrons. The number of hydrogen-bond acceptors (Lipinski definition) is 2. The van der Waals surface area contributed by atoms with Gasteiger partial charge in [-0.2, -0.15) is 5.10 Å². The molecule has 3 aromatic rings. The van der Waals surface area contributed by atoms with Gasteiger partial charge < -0.3 is 9.88 Å². The van der Waals surface area contributed by atoms with E-state index in [1.54, 1.807) is 0 Å². The molecule has 0 saturated carbocycles. The lowest BCUT2D eigenvalue weighted by Gasteiger charge is -2.10. The van der Waals surface area contributed by atoms with E-state index in [2.05, 4.69) is 57.5 Å². The molecular weight excluding hydrogens is 236 g/mol. The summed E-state index contributed by atoms with van der Waals surface area (Å²) in [5, 5.41) is 11.7. The highest BCUT2D eigenvalue weighted by Gasteiger charge is 2.04. The van der Waals surface area contributed by atoms with Gasteiger partial charge in [0.1, 0.15) is 0 Å².